The van der Waals surface area contributed by atoms with Crippen molar-refractivity contribution in [2.45, 2.75) is 20.4 Å². The quantitative estimate of drug-likeness (QED) is 0.303. The molecule has 1 heterocycles. The maximum absolute atomic E-state index is 6.15. The third-order valence-electron chi connectivity index (χ3n) is 4.08. The maximum atomic E-state index is 6.15. The van der Waals surface area contributed by atoms with Crippen LogP contribution in [0.15, 0.2) is 59.7 Å². The fourth-order valence-corrected chi connectivity index (χ4v) is 3.36. The van der Waals surface area contributed by atoms with E-state index >= 15 is 0 Å². The van der Waals surface area contributed by atoms with Crippen LogP contribution in [0.4, 0.5) is 0 Å². The number of aryl methyl sites for hydroxylation is 1. The first-order chi connectivity index (χ1) is 12.1. The highest BCUT2D eigenvalue weighted by Crippen LogP contribution is 2.20. The lowest BCUT2D eigenvalue weighted by atomic mass is 10.2. The van der Waals surface area contributed by atoms with Crippen molar-refractivity contribution in [1.82, 2.24) is 9.99 Å². The van der Waals surface area contributed by atoms with E-state index in [-0.39, 0.29) is 0 Å². The van der Waals surface area contributed by atoms with Crippen molar-refractivity contribution in [3.63, 3.8) is 0 Å². The van der Waals surface area contributed by atoms with Gasteiger partial charge in [0.25, 0.3) is 0 Å². The monoisotopic (exact) mass is 463 g/mol. The second-order valence-corrected chi connectivity index (χ2v) is 7.48. The molecule has 0 bridgehead atoms. The lowest BCUT2D eigenvalue weighted by Crippen LogP contribution is -2.06. The predicted octanol–water partition coefficient (Wildman–Crippen LogP) is 5.48. The lowest BCUT2D eigenvalue weighted by molar-refractivity contribution is 0.748. The second kappa shape index (κ2) is 8.06. The number of hydrogen-bond acceptors (Lipinski definition) is 2. The summed E-state index contributed by atoms with van der Waals surface area (Å²) in [5, 5.41) is 5.10. The van der Waals surface area contributed by atoms with Gasteiger partial charge in [0.2, 0.25) is 0 Å². The molecule has 0 amide bonds. The molecule has 0 fully saturated rings. The number of nitrogens with one attached hydrogen (secondary N) is 1. The van der Waals surface area contributed by atoms with E-state index in [1.54, 1.807) is 0 Å². The minimum absolute atomic E-state index is 0.603. The van der Waals surface area contributed by atoms with E-state index in [9.17, 15) is 0 Å². The summed E-state index contributed by atoms with van der Waals surface area (Å²) in [5.41, 5.74) is 8.72. The Labute approximate surface area is 166 Å². The van der Waals surface area contributed by atoms with Crippen LogP contribution in [0.1, 0.15) is 22.5 Å². The van der Waals surface area contributed by atoms with E-state index in [1.807, 2.05) is 30.5 Å². The Kier molecular flexibility index (Phi) is 5.81. The van der Waals surface area contributed by atoms with Gasteiger partial charge in [-0.25, -0.2) is 0 Å². The average Bonchev–Trinajstić information content (AvgIpc) is 2.88. The number of halogens is 2. The zero-order chi connectivity index (χ0) is 17.8. The number of hydrogen-bond donors (Lipinski definition) is 1. The molecule has 0 aliphatic rings. The molecule has 0 aliphatic heterocycles. The summed E-state index contributed by atoms with van der Waals surface area (Å²) >= 11 is 8.47. The molecule has 0 saturated heterocycles. The van der Waals surface area contributed by atoms with Gasteiger partial charge >= 0.3 is 0 Å². The molecule has 0 spiro atoms. The van der Waals surface area contributed by atoms with Crippen molar-refractivity contribution < 1.29 is 0 Å². The average molecular weight is 464 g/mol. The summed E-state index contributed by atoms with van der Waals surface area (Å²) in [5.74, 6) is 0. The number of nitrogens with zero attached hydrogens (tertiary/aromatic N) is 2. The Morgan fingerprint density at radius 2 is 1.84 bits per heavy atom. The Morgan fingerprint density at radius 1 is 1.12 bits per heavy atom. The standard InChI is InChI=1S/C20H19ClIN3/c1-14-11-17(13-24-23-12-16-5-3-4-6-20(16)21)15(2)25(14)19-9-7-18(22)8-10-19/h3-11,13,23H,12H2,1-2H3/b24-13-. The van der Waals surface area contributed by atoms with Crippen molar-refractivity contribution in [3.05, 3.63) is 85.7 Å². The van der Waals surface area contributed by atoms with Crippen LogP contribution in [0.5, 0.6) is 0 Å². The third-order valence-corrected chi connectivity index (χ3v) is 5.17. The highest BCUT2D eigenvalue weighted by atomic mass is 127. The normalized spacial score (nSPS) is 11.2. The SMILES string of the molecule is Cc1cc(/C=N\NCc2ccccc2Cl)c(C)n1-c1ccc(I)cc1. The Bertz CT molecular complexity index is 898. The molecule has 0 atom stereocenters. The smallest absolute Gasteiger partial charge is 0.0594 e. The summed E-state index contributed by atoms with van der Waals surface area (Å²) in [6.07, 6.45) is 1.86. The van der Waals surface area contributed by atoms with Crippen LogP contribution in [0.3, 0.4) is 0 Å². The first kappa shape index (κ1) is 18.0. The third kappa shape index (κ3) is 4.25. The van der Waals surface area contributed by atoms with Crippen LogP contribution in [0, 0.1) is 17.4 Å². The molecule has 1 N–H and O–H groups in total. The fraction of sp³-hybridized carbons (Fsp3) is 0.150. The number of aromatic nitrogens is 1. The highest BCUT2D eigenvalue weighted by molar-refractivity contribution is 14.1. The molecule has 0 unspecified atom stereocenters. The van der Waals surface area contributed by atoms with Gasteiger partial charge in [-0.1, -0.05) is 29.8 Å². The van der Waals surface area contributed by atoms with E-state index in [4.69, 9.17) is 11.6 Å². The van der Waals surface area contributed by atoms with Gasteiger partial charge in [0, 0.05) is 31.2 Å². The van der Waals surface area contributed by atoms with E-state index in [0.29, 0.717) is 6.54 Å². The Hall–Kier alpha value is -1.79. The molecule has 0 radical (unpaired) electrons. The number of hydrazone groups is 1. The molecule has 3 aromatic rings. The zero-order valence-electron chi connectivity index (χ0n) is 14.1. The summed E-state index contributed by atoms with van der Waals surface area (Å²) in [6.45, 7) is 4.83. The molecule has 2 aromatic carbocycles. The number of benzene rings is 2. The van der Waals surface area contributed by atoms with Crippen LogP contribution in [-0.4, -0.2) is 10.8 Å². The predicted molar refractivity (Wildman–Crippen MR) is 114 cm³/mol. The minimum atomic E-state index is 0.603. The molecule has 128 valence electrons. The Balaban J connectivity index is 1.74. The second-order valence-electron chi connectivity index (χ2n) is 5.82. The van der Waals surface area contributed by atoms with Crippen LogP contribution in [0.25, 0.3) is 5.69 Å². The molecule has 0 saturated carbocycles. The Morgan fingerprint density at radius 3 is 2.56 bits per heavy atom. The van der Waals surface area contributed by atoms with Gasteiger partial charge < -0.3 is 9.99 Å². The van der Waals surface area contributed by atoms with E-state index in [1.165, 1.54) is 20.6 Å². The largest absolute Gasteiger partial charge is 0.318 e. The van der Waals surface area contributed by atoms with Crippen molar-refractivity contribution in [2.24, 2.45) is 5.10 Å². The van der Waals surface area contributed by atoms with Gasteiger partial charge in [-0.15, -0.1) is 0 Å². The van der Waals surface area contributed by atoms with Gasteiger partial charge in [0.05, 0.1) is 12.8 Å². The van der Waals surface area contributed by atoms with Crippen molar-refractivity contribution >= 4 is 40.4 Å². The molecule has 3 rings (SSSR count). The first-order valence-electron chi connectivity index (χ1n) is 8.00. The van der Waals surface area contributed by atoms with Crippen LogP contribution >= 0.6 is 34.2 Å². The fourth-order valence-electron chi connectivity index (χ4n) is 2.79. The molecule has 1 aromatic heterocycles. The molecule has 25 heavy (non-hydrogen) atoms. The van der Waals surface area contributed by atoms with Crippen molar-refractivity contribution in [1.29, 1.82) is 0 Å². The van der Waals surface area contributed by atoms with Gasteiger partial charge in [0.15, 0.2) is 0 Å². The lowest BCUT2D eigenvalue weighted by Gasteiger charge is -2.09. The van der Waals surface area contributed by atoms with Crippen LogP contribution in [0.2, 0.25) is 5.02 Å². The molecular weight excluding hydrogens is 445 g/mol. The first-order valence-corrected chi connectivity index (χ1v) is 9.46. The van der Waals surface area contributed by atoms with Gasteiger partial charge in [0.1, 0.15) is 0 Å². The maximum Gasteiger partial charge on any atom is 0.0594 e. The van der Waals surface area contributed by atoms with E-state index in [0.717, 1.165) is 16.1 Å². The van der Waals surface area contributed by atoms with Gasteiger partial charge in [-0.05, 0) is 78.4 Å². The summed E-state index contributed by atoms with van der Waals surface area (Å²) in [4.78, 5) is 0. The van der Waals surface area contributed by atoms with Crippen LogP contribution in [-0.2, 0) is 6.54 Å². The zero-order valence-corrected chi connectivity index (χ0v) is 17.0. The highest BCUT2D eigenvalue weighted by Gasteiger charge is 2.09. The van der Waals surface area contributed by atoms with Crippen molar-refractivity contribution in [2.75, 3.05) is 0 Å². The van der Waals surface area contributed by atoms with Gasteiger partial charge in [-0.2, -0.15) is 5.10 Å². The topological polar surface area (TPSA) is 29.3 Å². The minimum Gasteiger partial charge on any atom is -0.318 e. The van der Waals surface area contributed by atoms with Gasteiger partial charge in [-0.3, -0.25) is 0 Å². The van der Waals surface area contributed by atoms with E-state index < -0.39 is 0 Å². The molecular formula is C20H19ClIN3. The molecule has 3 nitrogen and oxygen atoms in total. The summed E-state index contributed by atoms with van der Waals surface area (Å²) < 4.78 is 3.47. The van der Waals surface area contributed by atoms with Crippen molar-refractivity contribution in [3.8, 4) is 5.69 Å². The summed E-state index contributed by atoms with van der Waals surface area (Å²) in [7, 11) is 0. The number of rotatable bonds is 5. The van der Waals surface area contributed by atoms with Crippen LogP contribution < -0.4 is 5.43 Å². The summed E-state index contributed by atoms with van der Waals surface area (Å²) in [6, 6.07) is 18.4. The van der Waals surface area contributed by atoms with E-state index in [2.05, 4.69) is 81.9 Å². The molecule has 0 aliphatic carbocycles. The molecule has 5 heteroatoms.